The predicted octanol–water partition coefficient (Wildman–Crippen LogP) is 3.80. The van der Waals surface area contributed by atoms with Gasteiger partial charge >= 0.3 is 12.1 Å². The fraction of sp³-hybridized carbons (Fsp3) is 0.211. The third kappa shape index (κ3) is 6.45. The first-order valence-corrected chi connectivity index (χ1v) is 8.76. The summed E-state index contributed by atoms with van der Waals surface area (Å²) in [6, 6.07) is 7.12. The summed E-state index contributed by atoms with van der Waals surface area (Å²) in [6.07, 6.45) is -6.03. The van der Waals surface area contributed by atoms with Crippen molar-refractivity contribution in [3.8, 4) is 0 Å². The standard InChI is InChI=1S/C19H15ClF4N2O4/c1-10(17(28)26-15-8-12(19(22,23)24)5-6-14(15)20)30-16(27)9-25-18(29)11-3-2-4-13(21)7-11/h2-8,10H,9H2,1H3,(H,25,29)(H,26,28)/t10-/m1/s1. The van der Waals surface area contributed by atoms with E-state index in [2.05, 4.69) is 10.6 Å². The van der Waals surface area contributed by atoms with Crippen LogP contribution >= 0.6 is 11.6 Å². The van der Waals surface area contributed by atoms with Gasteiger partial charge in [-0.3, -0.25) is 14.4 Å². The van der Waals surface area contributed by atoms with Gasteiger partial charge in [-0.05, 0) is 43.3 Å². The van der Waals surface area contributed by atoms with E-state index in [-0.39, 0.29) is 16.3 Å². The number of nitrogens with one attached hydrogen (secondary N) is 2. The van der Waals surface area contributed by atoms with Crippen LogP contribution in [-0.4, -0.2) is 30.4 Å². The van der Waals surface area contributed by atoms with Crippen molar-refractivity contribution in [1.29, 1.82) is 0 Å². The lowest BCUT2D eigenvalue weighted by molar-refractivity contribution is -0.152. The van der Waals surface area contributed by atoms with E-state index in [1.807, 2.05) is 0 Å². The van der Waals surface area contributed by atoms with Crippen LogP contribution in [0.2, 0.25) is 5.02 Å². The molecule has 2 N–H and O–H groups in total. The number of benzene rings is 2. The largest absolute Gasteiger partial charge is 0.451 e. The lowest BCUT2D eigenvalue weighted by Crippen LogP contribution is -2.36. The first-order valence-electron chi connectivity index (χ1n) is 8.38. The number of rotatable bonds is 6. The maximum atomic E-state index is 13.1. The van der Waals surface area contributed by atoms with E-state index < -0.39 is 48.0 Å². The van der Waals surface area contributed by atoms with Gasteiger partial charge in [0.1, 0.15) is 12.4 Å². The van der Waals surface area contributed by atoms with Gasteiger partial charge in [0, 0.05) is 5.56 Å². The Kier molecular flexibility index (Phi) is 7.38. The maximum Gasteiger partial charge on any atom is 0.416 e. The zero-order valence-electron chi connectivity index (χ0n) is 15.3. The zero-order chi connectivity index (χ0) is 22.5. The lowest BCUT2D eigenvalue weighted by atomic mass is 10.2. The molecule has 2 aromatic rings. The number of amides is 2. The molecule has 2 aromatic carbocycles. The molecule has 6 nitrogen and oxygen atoms in total. The minimum absolute atomic E-state index is 0.0206. The first kappa shape index (κ1) is 23.1. The van der Waals surface area contributed by atoms with Crippen molar-refractivity contribution in [3.63, 3.8) is 0 Å². The second kappa shape index (κ2) is 9.57. The molecule has 0 bridgehead atoms. The van der Waals surface area contributed by atoms with Crippen LogP contribution in [0.25, 0.3) is 0 Å². The molecule has 0 aromatic heterocycles. The average molecular weight is 447 g/mol. The topological polar surface area (TPSA) is 84.5 Å². The van der Waals surface area contributed by atoms with Gasteiger partial charge in [-0.1, -0.05) is 17.7 Å². The summed E-state index contributed by atoms with van der Waals surface area (Å²) in [5.74, 6) is -3.29. The Hall–Kier alpha value is -3.14. The quantitative estimate of drug-likeness (QED) is 0.522. The Bertz CT molecular complexity index is 966. The number of ether oxygens (including phenoxy) is 1. The first-order chi connectivity index (χ1) is 14.0. The third-order valence-corrected chi connectivity index (χ3v) is 4.04. The van der Waals surface area contributed by atoms with E-state index in [9.17, 15) is 31.9 Å². The van der Waals surface area contributed by atoms with Crippen LogP contribution in [0.4, 0.5) is 23.2 Å². The van der Waals surface area contributed by atoms with Crippen molar-refractivity contribution >= 4 is 35.1 Å². The number of esters is 1. The normalized spacial score (nSPS) is 12.1. The minimum atomic E-state index is -4.64. The summed E-state index contributed by atoms with van der Waals surface area (Å²) in [5.41, 5.74) is -1.35. The van der Waals surface area contributed by atoms with E-state index >= 15 is 0 Å². The van der Waals surface area contributed by atoms with Gasteiger partial charge in [-0.15, -0.1) is 0 Å². The molecular formula is C19H15ClF4N2O4. The van der Waals surface area contributed by atoms with Crippen molar-refractivity contribution in [3.05, 3.63) is 64.4 Å². The molecule has 2 rings (SSSR count). The molecular weight excluding hydrogens is 432 g/mol. The molecule has 0 radical (unpaired) electrons. The summed E-state index contributed by atoms with van der Waals surface area (Å²) < 4.78 is 56.3. The Morgan fingerprint density at radius 2 is 1.83 bits per heavy atom. The summed E-state index contributed by atoms with van der Waals surface area (Å²) in [6.45, 7) is 0.570. The highest BCUT2D eigenvalue weighted by molar-refractivity contribution is 6.33. The van der Waals surface area contributed by atoms with E-state index in [1.54, 1.807) is 0 Å². The van der Waals surface area contributed by atoms with E-state index in [4.69, 9.17) is 16.3 Å². The van der Waals surface area contributed by atoms with Gasteiger partial charge in [-0.2, -0.15) is 13.2 Å². The van der Waals surface area contributed by atoms with Crippen LogP contribution < -0.4 is 10.6 Å². The molecule has 160 valence electrons. The molecule has 0 aliphatic heterocycles. The number of halogens is 5. The van der Waals surface area contributed by atoms with Gasteiger partial charge in [-0.25, -0.2) is 4.39 Å². The van der Waals surface area contributed by atoms with Crippen LogP contribution in [0.15, 0.2) is 42.5 Å². The second-order valence-corrected chi connectivity index (χ2v) is 6.41. The molecule has 0 heterocycles. The van der Waals surface area contributed by atoms with Gasteiger partial charge in [0.25, 0.3) is 11.8 Å². The summed E-state index contributed by atoms with van der Waals surface area (Å²) in [5, 5.41) is 4.20. The molecule has 0 saturated heterocycles. The highest BCUT2D eigenvalue weighted by atomic mass is 35.5. The smallest absolute Gasteiger partial charge is 0.416 e. The van der Waals surface area contributed by atoms with Crippen molar-refractivity contribution in [2.24, 2.45) is 0 Å². The van der Waals surface area contributed by atoms with Crippen LogP contribution in [0.5, 0.6) is 0 Å². The van der Waals surface area contributed by atoms with Crippen LogP contribution in [0, 0.1) is 5.82 Å². The van der Waals surface area contributed by atoms with Crippen molar-refractivity contribution in [2.75, 3.05) is 11.9 Å². The third-order valence-electron chi connectivity index (χ3n) is 3.71. The van der Waals surface area contributed by atoms with Gasteiger partial charge in [0.05, 0.1) is 16.3 Å². The number of hydrogen-bond donors (Lipinski definition) is 2. The molecule has 2 amide bonds. The zero-order valence-corrected chi connectivity index (χ0v) is 16.1. The van der Waals surface area contributed by atoms with E-state index in [0.717, 1.165) is 24.3 Å². The molecule has 1 atom stereocenters. The molecule has 0 fully saturated rings. The van der Waals surface area contributed by atoms with Crippen molar-refractivity contribution in [2.45, 2.75) is 19.2 Å². The van der Waals surface area contributed by atoms with E-state index in [0.29, 0.717) is 6.07 Å². The van der Waals surface area contributed by atoms with Crippen LogP contribution in [0.3, 0.4) is 0 Å². The average Bonchev–Trinajstić information content (AvgIpc) is 2.66. The SMILES string of the molecule is C[C@@H](OC(=O)CNC(=O)c1cccc(F)c1)C(=O)Nc1cc(C(F)(F)F)ccc1Cl. The van der Waals surface area contributed by atoms with E-state index in [1.165, 1.54) is 19.1 Å². The lowest BCUT2D eigenvalue weighted by Gasteiger charge is -2.16. The molecule has 11 heteroatoms. The summed E-state index contributed by atoms with van der Waals surface area (Å²) >= 11 is 5.79. The number of carbonyl (C=O) groups is 3. The fourth-order valence-corrected chi connectivity index (χ4v) is 2.37. The van der Waals surface area contributed by atoms with Crippen LogP contribution in [-0.2, 0) is 20.5 Å². The van der Waals surface area contributed by atoms with Crippen molar-refractivity contribution < 1.29 is 36.7 Å². The molecule has 0 saturated carbocycles. The maximum absolute atomic E-state index is 13.1. The van der Waals surface area contributed by atoms with Gasteiger partial charge in [0.2, 0.25) is 0 Å². The van der Waals surface area contributed by atoms with Crippen molar-refractivity contribution in [1.82, 2.24) is 5.32 Å². The molecule has 0 aliphatic carbocycles. The second-order valence-electron chi connectivity index (χ2n) is 6.01. The molecule has 0 unspecified atom stereocenters. The Labute approximate surface area is 173 Å². The molecule has 0 aliphatic rings. The predicted molar refractivity (Wildman–Crippen MR) is 99.4 cm³/mol. The fourth-order valence-electron chi connectivity index (χ4n) is 2.21. The number of carbonyl (C=O) groups excluding carboxylic acids is 3. The highest BCUT2D eigenvalue weighted by Crippen LogP contribution is 2.33. The monoisotopic (exact) mass is 446 g/mol. The Morgan fingerprint density at radius 3 is 2.47 bits per heavy atom. The Balaban J connectivity index is 1.91. The summed E-state index contributed by atoms with van der Waals surface area (Å²) in [4.78, 5) is 35.7. The highest BCUT2D eigenvalue weighted by Gasteiger charge is 2.31. The van der Waals surface area contributed by atoms with Gasteiger partial charge in [0.15, 0.2) is 6.10 Å². The number of alkyl halides is 3. The Morgan fingerprint density at radius 1 is 1.13 bits per heavy atom. The molecule has 0 spiro atoms. The molecule has 30 heavy (non-hydrogen) atoms. The minimum Gasteiger partial charge on any atom is -0.451 e. The summed E-state index contributed by atoms with van der Waals surface area (Å²) in [7, 11) is 0. The van der Waals surface area contributed by atoms with Gasteiger partial charge < -0.3 is 15.4 Å². The number of hydrogen-bond acceptors (Lipinski definition) is 4. The number of anilines is 1. The van der Waals surface area contributed by atoms with Crippen LogP contribution in [0.1, 0.15) is 22.8 Å².